The molecule has 1 amide bonds. The summed E-state index contributed by atoms with van der Waals surface area (Å²) in [5.74, 6) is 0. The summed E-state index contributed by atoms with van der Waals surface area (Å²) >= 11 is 6.08. The molecule has 3 rings (SSSR count). The first-order chi connectivity index (χ1) is 11.2. The van der Waals surface area contributed by atoms with Crippen molar-refractivity contribution in [3.05, 3.63) is 28.8 Å². The lowest BCUT2D eigenvalue weighted by atomic mass is 9.99. The van der Waals surface area contributed by atoms with Gasteiger partial charge in [0.05, 0.1) is 12.6 Å². The number of rotatable bonds is 1. The number of ether oxygens (including phenoxy) is 1. The molecule has 0 spiro atoms. The summed E-state index contributed by atoms with van der Waals surface area (Å²) in [5, 5.41) is 0.703. The van der Waals surface area contributed by atoms with Gasteiger partial charge in [-0.2, -0.15) is 0 Å². The van der Waals surface area contributed by atoms with Crippen LogP contribution in [0.2, 0.25) is 5.02 Å². The predicted octanol–water partition coefficient (Wildman–Crippen LogP) is 4.05. The van der Waals surface area contributed by atoms with Crippen LogP contribution >= 0.6 is 11.6 Å². The standard InChI is InChI=1S/C18H24ClFN2O2/c1-18(2,3)24-17(23)21-10-14(20)16(11-21)22-8-4-5-12-9-13(19)6-7-15(12)22/h6-7,9,14,16H,4-5,8,10-11H2,1-3H3/t14-,16-/m1/s1. The number of hydrogen-bond acceptors (Lipinski definition) is 3. The summed E-state index contributed by atoms with van der Waals surface area (Å²) in [4.78, 5) is 15.8. The van der Waals surface area contributed by atoms with Crippen LogP contribution in [0.5, 0.6) is 0 Å². The molecule has 0 unspecified atom stereocenters. The van der Waals surface area contributed by atoms with Crippen LogP contribution in [-0.4, -0.2) is 48.4 Å². The Morgan fingerprint density at radius 1 is 1.33 bits per heavy atom. The maximum absolute atomic E-state index is 14.7. The zero-order valence-electron chi connectivity index (χ0n) is 14.4. The number of alkyl halides is 1. The molecule has 1 aromatic carbocycles. The lowest BCUT2D eigenvalue weighted by Crippen LogP contribution is -2.45. The molecule has 0 N–H and O–H groups in total. The fraction of sp³-hybridized carbons (Fsp3) is 0.611. The van der Waals surface area contributed by atoms with E-state index in [0.29, 0.717) is 11.6 Å². The molecule has 1 aromatic rings. The number of nitrogens with zero attached hydrogens (tertiary/aromatic N) is 2. The summed E-state index contributed by atoms with van der Waals surface area (Å²) in [6.45, 7) is 6.67. The third-order valence-corrected chi connectivity index (χ3v) is 4.70. The Bertz CT molecular complexity index is 632. The Hall–Kier alpha value is -1.49. The van der Waals surface area contributed by atoms with Crippen molar-refractivity contribution in [3.8, 4) is 0 Å². The van der Waals surface area contributed by atoms with Gasteiger partial charge in [-0.1, -0.05) is 11.6 Å². The molecular weight excluding hydrogens is 331 g/mol. The van der Waals surface area contributed by atoms with Gasteiger partial charge in [0.2, 0.25) is 0 Å². The van der Waals surface area contributed by atoms with Gasteiger partial charge in [-0.15, -0.1) is 0 Å². The molecule has 2 atom stereocenters. The van der Waals surface area contributed by atoms with Gasteiger partial charge >= 0.3 is 6.09 Å². The normalized spacial score (nSPS) is 24.0. The molecule has 132 valence electrons. The molecule has 2 aliphatic heterocycles. The van der Waals surface area contributed by atoms with Gasteiger partial charge < -0.3 is 14.5 Å². The second-order valence-electron chi connectivity index (χ2n) is 7.54. The van der Waals surface area contributed by atoms with Crippen molar-refractivity contribution in [1.29, 1.82) is 0 Å². The molecule has 0 saturated carbocycles. The summed E-state index contributed by atoms with van der Waals surface area (Å²) < 4.78 is 20.0. The van der Waals surface area contributed by atoms with E-state index >= 15 is 0 Å². The van der Waals surface area contributed by atoms with Crippen molar-refractivity contribution < 1.29 is 13.9 Å². The molecule has 0 aliphatic carbocycles. The van der Waals surface area contributed by atoms with Crippen LogP contribution in [0.1, 0.15) is 32.8 Å². The number of aryl methyl sites for hydroxylation is 1. The van der Waals surface area contributed by atoms with E-state index in [0.717, 1.165) is 30.6 Å². The van der Waals surface area contributed by atoms with E-state index in [1.165, 1.54) is 4.90 Å². The van der Waals surface area contributed by atoms with Crippen molar-refractivity contribution in [2.75, 3.05) is 24.5 Å². The van der Waals surface area contributed by atoms with E-state index in [-0.39, 0.29) is 12.6 Å². The Kier molecular flexibility index (Phi) is 4.65. The fourth-order valence-electron chi connectivity index (χ4n) is 3.46. The zero-order valence-corrected chi connectivity index (χ0v) is 15.1. The van der Waals surface area contributed by atoms with E-state index < -0.39 is 17.9 Å². The first-order valence-corrected chi connectivity index (χ1v) is 8.79. The van der Waals surface area contributed by atoms with Crippen LogP contribution in [0.3, 0.4) is 0 Å². The minimum Gasteiger partial charge on any atom is -0.444 e. The summed E-state index contributed by atoms with van der Waals surface area (Å²) in [5.41, 5.74) is 1.61. The minimum atomic E-state index is -1.08. The fourth-order valence-corrected chi connectivity index (χ4v) is 3.65. The summed E-state index contributed by atoms with van der Waals surface area (Å²) in [7, 11) is 0. The first kappa shape index (κ1) is 17.3. The lowest BCUT2D eigenvalue weighted by molar-refractivity contribution is 0.0283. The summed E-state index contributed by atoms with van der Waals surface area (Å²) in [6, 6.07) is 5.42. The highest BCUT2D eigenvalue weighted by atomic mass is 35.5. The maximum atomic E-state index is 14.7. The topological polar surface area (TPSA) is 32.8 Å². The smallest absolute Gasteiger partial charge is 0.410 e. The highest BCUT2D eigenvalue weighted by Gasteiger charge is 2.41. The van der Waals surface area contributed by atoms with E-state index in [9.17, 15) is 9.18 Å². The average molecular weight is 355 g/mol. The number of anilines is 1. The molecule has 2 heterocycles. The molecule has 0 radical (unpaired) electrons. The van der Waals surface area contributed by atoms with Gasteiger partial charge in [-0.05, 0) is 57.4 Å². The molecule has 1 saturated heterocycles. The highest BCUT2D eigenvalue weighted by Crippen LogP contribution is 2.34. The van der Waals surface area contributed by atoms with Gasteiger partial charge in [-0.3, -0.25) is 0 Å². The van der Waals surface area contributed by atoms with Crippen molar-refractivity contribution in [3.63, 3.8) is 0 Å². The molecule has 1 fully saturated rings. The van der Waals surface area contributed by atoms with Crippen LogP contribution < -0.4 is 4.90 Å². The lowest BCUT2D eigenvalue weighted by Gasteiger charge is -2.37. The number of likely N-dealkylation sites (tertiary alicyclic amines) is 1. The Morgan fingerprint density at radius 3 is 2.79 bits per heavy atom. The Labute approximate surface area is 147 Å². The number of carbonyl (C=O) groups is 1. The molecule has 0 bridgehead atoms. The number of benzene rings is 1. The second-order valence-corrected chi connectivity index (χ2v) is 7.98. The number of carbonyl (C=O) groups excluding carboxylic acids is 1. The number of halogens is 2. The van der Waals surface area contributed by atoms with Crippen LogP contribution in [0.4, 0.5) is 14.9 Å². The van der Waals surface area contributed by atoms with Crippen molar-refractivity contribution in [2.45, 2.75) is 51.4 Å². The molecule has 24 heavy (non-hydrogen) atoms. The van der Waals surface area contributed by atoms with Gasteiger partial charge in [0.15, 0.2) is 0 Å². The van der Waals surface area contributed by atoms with Crippen molar-refractivity contribution in [2.24, 2.45) is 0 Å². The third kappa shape index (κ3) is 3.61. The Balaban J connectivity index is 1.76. The van der Waals surface area contributed by atoms with Crippen molar-refractivity contribution in [1.82, 2.24) is 4.90 Å². The van der Waals surface area contributed by atoms with Crippen LogP contribution in [0, 0.1) is 0 Å². The van der Waals surface area contributed by atoms with Gasteiger partial charge in [0, 0.05) is 23.8 Å². The van der Waals surface area contributed by atoms with Crippen LogP contribution in [0.15, 0.2) is 18.2 Å². The van der Waals surface area contributed by atoms with Gasteiger partial charge in [-0.25, -0.2) is 9.18 Å². The Morgan fingerprint density at radius 2 is 2.08 bits per heavy atom. The number of fused-ring (bicyclic) bond motifs is 1. The minimum absolute atomic E-state index is 0.0823. The molecule has 4 nitrogen and oxygen atoms in total. The highest BCUT2D eigenvalue weighted by molar-refractivity contribution is 6.30. The van der Waals surface area contributed by atoms with E-state index in [2.05, 4.69) is 4.90 Å². The number of hydrogen-bond donors (Lipinski definition) is 0. The summed E-state index contributed by atoms with van der Waals surface area (Å²) in [6.07, 6.45) is 0.384. The molecule has 2 aliphatic rings. The van der Waals surface area contributed by atoms with Crippen molar-refractivity contribution >= 4 is 23.4 Å². The van der Waals surface area contributed by atoms with Crippen LogP contribution in [0.25, 0.3) is 0 Å². The third-order valence-electron chi connectivity index (χ3n) is 4.47. The molecule has 6 heteroatoms. The predicted molar refractivity (Wildman–Crippen MR) is 93.6 cm³/mol. The van der Waals surface area contributed by atoms with Gasteiger partial charge in [0.1, 0.15) is 11.8 Å². The molecule has 0 aromatic heterocycles. The quantitative estimate of drug-likeness (QED) is 0.762. The van der Waals surface area contributed by atoms with Crippen LogP contribution in [-0.2, 0) is 11.2 Å². The first-order valence-electron chi connectivity index (χ1n) is 8.42. The monoisotopic (exact) mass is 354 g/mol. The second kappa shape index (κ2) is 6.43. The van der Waals surface area contributed by atoms with E-state index in [1.807, 2.05) is 39.0 Å². The maximum Gasteiger partial charge on any atom is 0.410 e. The SMILES string of the molecule is CC(C)(C)OC(=O)N1C[C@@H](F)[C@H](N2CCCc3cc(Cl)ccc32)C1. The largest absolute Gasteiger partial charge is 0.444 e. The van der Waals surface area contributed by atoms with Gasteiger partial charge in [0.25, 0.3) is 0 Å². The average Bonchev–Trinajstić information content (AvgIpc) is 2.86. The van der Waals surface area contributed by atoms with E-state index in [1.54, 1.807) is 0 Å². The molecular formula is C18H24ClFN2O2. The van der Waals surface area contributed by atoms with E-state index in [4.69, 9.17) is 16.3 Å². The zero-order chi connectivity index (χ0) is 17.5. The number of amides is 1.